The minimum Gasteiger partial charge on any atom is -0.381 e. The van der Waals surface area contributed by atoms with Crippen molar-refractivity contribution in [1.29, 1.82) is 0 Å². The first kappa shape index (κ1) is 11.0. The summed E-state index contributed by atoms with van der Waals surface area (Å²) in [5.74, 6) is 0.384. The van der Waals surface area contributed by atoms with Crippen molar-refractivity contribution in [1.82, 2.24) is 9.78 Å². The first-order valence-electron chi connectivity index (χ1n) is 5.20. The average molecular weight is 236 g/mol. The summed E-state index contributed by atoms with van der Waals surface area (Å²) in [6.45, 7) is 4.10. The van der Waals surface area contributed by atoms with Gasteiger partial charge in [0, 0.05) is 11.6 Å². The first-order chi connectivity index (χ1) is 7.61. The normalized spacial score (nSPS) is 11.0. The highest BCUT2D eigenvalue weighted by Gasteiger charge is 2.17. The minimum atomic E-state index is 0.227. The number of benzene rings is 1. The Hall–Kier alpha value is -1.48. The molecule has 0 atom stereocenters. The van der Waals surface area contributed by atoms with E-state index in [9.17, 15) is 0 Å². The molecule has 0 bridgehead atoms. The van der Waals surface area contributed by atoms with Gasteiger partial charge in [-0.05, 0) is 13.8 Å². The Kier molecular flexibility index (Phi) is 2.88. The Morgan fingerprint density at radius 3 is 2.44 bits per heavy atom. The summed E-state index contributed by atoms with van der Waals surface area (Å²) >= 11 is 6.18. The van der Waals surface area contributed by atoms with Crippen LogP contribution >= 0.6 is 11.6 Å². The molecule has 0 saturated carbocycles. The fraction of sp³-hybridized carbons (Fsp3) is 0.250. The van der Waals surface area contributed by atoms with E-state index in [1.54, 1.807) is 0 Å². The maximum atomic E-state index is 6.18. The molecule has 0 radical (unpaired) electrons. The van der Waals surface area contributed by atoms with Gasteiger partial charge in [0.05, 0.1) is 5.69 Å². The van der Waals surface area contributed by atoms with Gasteiger partial charge in [-0.25, -0.2) is 0 Å². The molecule has 0 aliphatic rings. The van der Waals surface area contributed by atoms with Crippen LogP contribution in [0, 0.1) is 0 Å². The second-order valence-electron chi connectivity index (χ2n) is 3.95. The number of aromatic nitrogens is 2. The van der Waals surface area contributed by atoms with E-state index in [2.05, 4.69) is 18.9 Å². The van der Waals surface area contributed by atoms with E-state index >= 15 is 0 Å². The predicted octanol–water partition coefficient (Wildman–Crippen LogP) is 3.37. The molecule has 1 heterocycles. The molecule has 16 heavy (non-hydrogen) atoms. The standard InChI is InChI=1S/C12H14ClN3/c1-8(2)16-11(10(13)12(14)15-16)9-6-4-3-5-7-9/h3-8H,1-2H3,(H2,14,15). The number of nitrogens with two attached hydrogens (primary N) is 1. The summed E-state index contributed by atoms with van der Waals surface area (Å²) in [7, 11) is 0. The highest BCUT2D eigenvalue weighted by atomic mass is 35.5. The molecule has 84 valence electrons. The van der Waals surface area contributed by atoms with Crippen LogP contribution in [0.2, 0.25) is 5.02 Å². The van der Waals surface area contributed by atoms with Crippen LogP contribution < -0.4 is 5.73 Å². The molecule has 0 saturated heterocycles. The smallest absolute Gasteiger partial charge is 0.164 e. The van der Waals surface area contributed by atoms with Crippen LogP contribution in [-0.2, 0) is 0 Å². The zero-order valence-corrected chi connectivity index (χ0v) is 10.1. The van der Waals surface area contributed by atoms with Gasteiger partial charge in [0.25, 0.3) is 0 Å². The van der Waals surface area contributed by atoms with E-state index < -0.39 is 0 Å². The third-order valence-corrected chi connectivity index (χ3v) is 2.79. The van der Waals surface area contributed by atoms with Crippen LogP contribution in [0.25, 0.3) is 11.3 Å². The van der Waals surface area contributed by atoms with Gasteiger partial charge in [-0.15, -0.1) is 0 Å². The number of hydrogen-bond acceptors (Lipinski definition) is 2. The van der Waals surface area contributed by atoms with Gasteiger partial charge < -0.3 is 5.73 Å². The van der Waals surface area contributed by atoms with Gasteiger partial charge in [0.15, 0.2) is 5.82 Å². The van der Waals surface area contributed by atoms with E-state index in [-0.39, 0.29) is 6.04 Å². The van der Waals surface area contributed by atoms with E-state index in [1.807, 2.05) is 35.0 Å². The number of halogens is 1. The topological polar surface area (TPSA) is 43.8 Å². The zero-order valence-electron chi connectivity index (χ0n) is 9.31. The van der Waals surface area contributed by atoms with Crippen molar-refractivity contribution in [2.24, 2.45) is 0 Å². The number of anilines is 1. The molecule has 1 aromatic heterocycles. The van der Waals surface area contributed by atoms with Gasteiger partial charge in [0.2, 0.25) is 0 Å². The lowest BCUT2D eigenvalue weighted by Crippen LogP contribution is -2.05. The Morgan fingerprint density at radius 2 is 1.88 bits per heavy atom. The number of rotatable bonds is 2. The van der Waals surface area contributed by atoms with Crippen molar-refractivity contribution in [3.05, 3.63) is 35.4 Å². The fourth-order valence-electron chi connectivity index (χ4n) is 1.66. The molecule has 0 aliphatic heterocycles. The van der Waals surface area contributed by atoms with E-state index in [4.69, 9.17) is 17.3 Å². The molecule has 0 unspecified atom stereocenters. The second-order valence-corrected chi connectivity index (χ2v) is 4.33. The maximum Gasteiger partial charge on any atom is 0.164 e. The van der Waals surface area contributed by atoms with E-state index in [0.717, 1.165) is 11.3 Å². The van der Waals surface area contributed by atoms with Gasteiger partial charge in [-0.2, -0.15) is 5.10 Å². The summed E-state index contributed by atoms with van der Waals surface area (Å²) in [6.07, 6.45) is 0. The van der Waals surface area contributed by atoms with Crippen LogP contribution in [0.3, 0.4) is 0 Å². The Morgan fingerprint density at radius 1 is 1.25 bits per heavy atom. The summed E-state index contributed by atoms with van der Waals surface area (Å²) < 4.78 is 1.85. The molecule has 0 spiro atoms. The molecule has 2 N–H and O–H groups in total. The van der Waals surface area contributed by atoms with Crippen molar-refractivity contribution in [3.63, 3.8) is 0 Å². The van der Waals surface area contributed by atoms with Crippen LogP contribution in [0.4, 0.5) is 5.82 Å². The molecule has 4 heteroatoms. The lowest BCUT2D eigenvalue weighted by Gasteiger charge is -2.10. The molecule has 1 aromatic carbocycles. The van der Waals surface area contributed by atoms with Crippen molar-refractivity contribution in [3.8, 4) is 11.3 Å². The average Bonchev–Trinajstić information content (AvgIpc) is 2.57. The molecular weight excluding hydrogens is 222 g/mol. The molecule has 3 nitrogen and oxygen atoms in total. The SMILES string of the molecule is CC(C)n1nc(N)c(Cl)c1-c1ccccc1. The van der Waals surface area contributed by atoms with Crippen molar-refractivity contribution >= 4 is 17.4 Å². The molecule has 2 aromatic rings. The third-order valence-electron chi connectivity index (χ3n) is 2.41. The Labute approximate surface area is 99.8 Å². The third kappa shape index (κ3) is 1.78. The number of nitrogens with zero attached hydrogens (tertiary/aromatic N) is 2. The van der Waals surface area contributed by atoms with Gasteiger partial charge >= 0.3 is 0 Å². The Bertz CT molecular complexity index is 488. The monoisotopic (exact) mass is 235 g/mol. The van der Waals surface area contributed by atoms with Crippen LogP contribution in [0.15, 0.2) is 30.3 Å². The second kappa shape index (κ2) is 4.18. The van der Waals surface area contributed by atoms with E-state index in [1.165, 1.54) is 0 Å². The molecule has 0 fully saturated rings. The maximum absolute atomic E-state index is 6.18. The molecule has 2 rings (SSSR count). The molecule has 0 aliphatic carbocycles. The first-order valence-corrected chi connectivity index (χ1v) is 5.58. The van der Waals surface area contributed by atoms with Crippen LogP contribution in [0.5, 0.6) is 0 Å². The molecule has 0 amide bonds. The molecular formula is C12H14ClN3. The van der Waals surface area contributed by atoms with Crippen LogP contribution in [0.1, 0.15) is 19.9 Å². The lowest BCUT2D eigenvalue weighted by molar-refractivity contribution is 0.540. The zero-order chi connectivity index (χ0) is 11.7. The fourth-order valence-corrected chi connectivity index (χ4v) is 1.89. The quantitative estimate of drug-likeness (QED) is 0.868. The number of nitrogen functional groups attached to an aromatic ring is 1. The summed E-state index contributed by atoms with van der Waals surface area (Å²) in [6, 6.07) is 10.1. The minimum absolute atomic E-state index is 0.227. The van der Waals surface area contributed by atoms with Gasteiger partial charge in [0.1, 0.15) is 5.02 Å². The summed E-state index contributed by atoms with van der Waals surface area (Å²) in [5.41, 5.74) is 7.67. The highest BCUT2D eigenvalue weighted by Crippen LogP contribution is 2.33. The summed E-state index contributed by atoms with van der Waals surface area (Å²) in [4.78, 5) is 0. The predicted molar refractivity (Wildman–Crippen MR) is 67.5 cm³/mol. The van der Waals surface area contributed by atoms with Crippen molar-refractivity contribution in [2.45, 2.75) is 19.9 Å². The lowest BCUT2D eigenvalue weighted by atomic mass is 10.1. The largest absolute Gasteiger partial charge is 0.381 e. The van der Waals surface area contributed by atoms with E-state index in [0.29, 0.717) is 10.8 Å². The summed E-state index contributed by atoms with van der Waals surface area (Å²) in [5, 5.41) is 4.78. The van der Waals surface area contributed by atoms with Gasteiger partial charge in [-0.3, -0.25) is 4.68 Å². The highest BCUT2D eigenvalue weighted by molar-refractivity contribution is 6.35. The van der Waals surface area contributed by atoms with Crippen LogP contribution in [-0.4, -0.2) is 9.78 Å². The Balaban J connectivity index is 2.64. The number of hydrogen-bond donors (Lipinski definition) is 1. The van der Waals surface area contributed by atoms with Crippen molar-refractivity contribution in [2.75, 3.05) is 5.73 Å². The van der Waals surface area contributed by atoms with Gasteiger partial charge in [-0.1, -0.05) is 41.9 Å². The van der Waals surface area contributed by atoms with Crippen molar-refractivity contribution < 1.29 is 0 Å².